The van der Waals surface area contributed by atoms with Crippen molar-refractivity contribution in [2.75, 3.05) is 13.2 Å². The maximum absolute atomic E-state index is 11.2. The second kappa shape index (κ2) is 4.49. The van der Waals surface area contributed by atoms with Crippen molar-refractivity contribution >= 4 is 5.97 Å². The molecule has 0 bridgehead atoms. The van der Waals surface area contributed by atoms with Crippen LogP contribution in [0.25, 0.3) is 0 Å². The first-order chi connectivity index (χ1) is 6.29. The molecule has 0 radical (unpaired) electrons. The maximum atomic E-state index is 11.2. The molecule has 0 saturated carbocycles. The summed E-state index contributed by atoms with van der Waals surface area (Å²) >= 11 is 0. The molecule has 13 heavy (non-hydrogen) atoms. The van der Waals surface area contributed by atoms with Gasteiger partial charge in [0.05, 0.1) is 19.4 Å². The minimum Gasteiger partial charge on any atom is -0.463 e. The summed E-state index contributed by atoms with van der Waals surface area (Å²) in [5, 5.41) is 3.44. The number of esters is 1. The van der Waals surface area contributed by atoms with Crippen molar-refractivity contribution in [1.29, 1.82) is 0 Å². The van der Waals surface area contributed by atoms with E-state index in [-0.39, 0.29) is 11.5 Å². The fourth-order valence-corrected chi connectivity index (χ4v) is 0.809. The SMILES string of the molecule is CCOC(=O)c1cnoc1OCC. The number of hydrogen-bond acceptors (Lipinski definition) is 5. The lowest BCUT2D eigenvalue weighted by Crippen LogP contribution is -2.05. The van der Waals surface area contributed by atoms with Gasteiger partial charge in [0, 0.05) is 0 Å². The highest BCUT2D eigenvalue weighted by atomic mass is 16.6. The van der Waals surface area contributed by atoms with E-state index in [4.69, 9.17) is 14.0 Å². The minimum absolute atomic E-state index is 0.112. The van der Waals surface area contributed by atoms with Gasteiger partial charge in [0.1, 0.15) is 0 Å². The smallest absolute Gasteiger partial charge is 0.347 e. The Kier molecular flexibility index (Phi) is 3.31. The van der Waals surface area contributed by atoms with Crippen molar-refractivity contribution in [3.05, 3.63) is 11.8 Å². The Morgan fingerprint density at radius 3 is 2.92 bits per heavy atom. The van der Waals surface area contributed by atoms with Gasteiger partial charge in [-0.3, -0.25) is 0 Å². The summed E-state index contributed by atoms with van der Waals surface area (Å²) in [4.78, 5) is 11.2. The zero-order valence-corrected chi connectivity index (χ0v) is 7.57. The van der Waals surface area contributed by atoms with Crippen molar-refractivity contribution in [1.82, 2.24) is 5.16 Å². The Labute approximate surface area is 75.6 Å². The number of ether oxygens (including phenoxy) is 2. The summed E-state index contributed by atoms with van der Waals surface area (Å²) in [6, 6.07) is 0. The molecule has 1 heterocycles. The Bertz CT molecular complexity index is 281. The maximum Gasteiger partial charge on any atom is 0.347 e. The number of nitrogens with zero attached hydrogens (tertiary/aromatic N) is 1. The summed E-state index contributed by atoms with van der Waals surface area (Å²) in [5.41, 5.74) is 0.226. The third-order valence-electron chi connectivity index (χ3n) is 1.31. The van der Waals surface area contributed by atoms with Crippen LogP contribution in [0.15, 0.2) is 10.7 Å². The van der Waals surface area contributed by atoms with Gasteiger partial charge in [-0.2, -0.15) is 0 Å². The Hall–Kier alpha value is -1.52. The fraction of sp³-hybridized carbons (Fsp3) is 0.500. The standard InChI is InChI=1S/C8H11NO4/c1-3-11-7(10)6-5-9-13-8(6)12-4-2/h5H,3-4H2,1-2H3. The van der Waals surface area contributed by atoms with E-state index in [0.29, 0.717) is 13.2 Å². The van der Waals surface area contributed by atoms with Crippen molar-refractivity contribution in [3.63, 3.8) is 0 Å². The van der Waals surface area contributed by atoms with E-state index in [2.05, 4.69) is 5.16 Å². The second-order valence-electron chi connectivity index (χ2n) is 2.18. The molecule has 5 nitrogen and oxygen atoms in total. The zero-order valence-electron chi connectivity index (χ0n) is 7.57. The van der Waals surface area contributed by atoms with Crippen LogP contribution in [0.3, 0.4) is 0 Å². The third-order valence-corrected chi connectivity index (χ3v) is 1.31. The predicted octanol–water partition coefficient (Wildman–Crippen LogP) is 1.25. The van der Waals surface area contributed by atoms with E-state index in [1.54, 1.807) is 13.8 Å². The van der Waals surface area contributed by atoms with E-state index in [9.17, 15) is 4.79 Å². The zero-order chi connectivity index (χ0) is 9.68. The van der Waals surface area contributed by atoms with Gasteiger partial charge < -0.3 is 14.0 Å². The minimum atomic E-state index is -0.479. The molecular formula is C8H11NO4. The molecule has 0 amide bonds. The second-order valence-corrected chi connectivity index (χ2v) is 2.18. The van der Waals surface area contributed by atoms with Gasteiger partial charge in [0.15, 0.2) is 5.56 Å². The summed E-state index contributed by atoms with van der Waals surface area (Å²) in [5.74, 6) is -0.367. The lowest BCUT2D eigenvalue weighted by molar-refractivity contribution is 0.0518. The number of carbonyl (C=O) groups is 1. The van der Waals surface area contributed by atoms with Gasteiger partial charge in [0.25, 0.3) is 0 Å². The topological polar surface area (TPSA) is 61.6 Å². The molecule has 5 heteroatoms. The van der Waals surface area contributed by atoms with Gasteiger partial charge >= 0.3 is 11.9 Å². The van der Waals surface area contributed by atoms with Crippen LogP contribution in [0.2, 0.25) is 0 Å². The predicted molar refractivity (Wildman–Crippen MR) is 43.6 cm³/mol. The van der Waals surface area contributed by atoms with Crippen LogP contribution < -0.4 is 4.74 Å². The number of aromatic nitrogens is 1. The summed E-state index contributed by atoms with van der Waals surface area (Å²) in [7, 11) is 0. The molecule has 0 spiro atoms. The van der Waals surface area contributed by atoms with Crippen LogP contribution in [-0.2, 0) is 4.74 Å². The Balaban J connectivity index is 2.74. The molecular weight excluding hydrogens is 174 g/mol. The van der Waals surface area contributed by atoms with E-state index >= 15 is 0 Å². The molecule has 0 atom stereocenters. The molecule has 1 rings (SSSR count). The molecule has 0 N–H and O–H groups in total. The molecule has 1 aromatic heterocycles. The highest BCUT2D eigenvalue weighted by molar-refractivity contribution is 5.91. The molecule has 0 aliphatic rings. The first kappa shape index (κ1) is 9.57. The molecule has 0 aliphatic heterocycles. The van der Waals surface area contributed by atoms with Crippen LogP contribution in [0.1, 0.15) is 24.2 Å². The van der Waals surface area contributed by atoms with Gasteiger partial charge in [-0.1, -0.05) is 5.16 Å². The lowest BCUT2D eigenvalue weighted by atomic mass is 10.3. The average Bonchev–Trinajstić information content (AvgIpc) is 2.54. The van der Waals surface area contributed by atoms with Crippen LogP contribution in [0, 0.1) is 0 Å². The number of rotatable bonds is 4. The number of hydrogen-bond donors (Lipinski definition) is 0. The van der Waals surface area contributed by atoms with E-state index in [1.807, 2.05) is 0 Å². The van der Waals surface area contributed by atoms with Crippen LogP contribution >= 0.6 is 0 Å². The van der Waals surface area contributed by atoms with Crippen molar-refractivity contribution in [2.24, 2.45) is 0 Å². The third kappa shape index (κ3) is 2.21. The highest BCUT2D eigenvalue weighted by Crippen LogP contribution is 2.18. The quantitative estimate of drug-likeness (QED) is 0.660. The van der Waals surface area contributed by atoms with Gasteiger partial charge in [0.2, 0.25) is 0 Å². The van der Waals surface area contributed by atoms with Crippen molar-refractivity contribution < 1.29 is 18.8 Å². The summed E-state index contributed by atoms with van der Waals surface area (Å²) in [6.07, 6.45) is 1.28. The Morgan fingerprint density at radius 1 is 1.54 bits per heavy atom. The summed E-state index contributed by atoms with van der Waals surface area (Å²) in [6.45, 7) is 4.25. The largest absolute Gasteiger partial charge is 0.463 e. The van der Waals surface area contributed by atoms with E-state index < -0.39 is 5.97 Å². The van der Waals surface area contributed by atoms with Gasteiger partial charge in [-0.25, -0.2) is 4.79 Å². The van der Waals surface area contributed by atoms with Crippen LogP contribution in [-0.4, -0.2) is 24.3 Å². The molecule has 0 unspecified atom stereocenters. The van der Waals surface area contributed by atoms with E-state index in [0.717, 1.165) is 0 Å². The van der Waals surface area contributed by atoms with Crippen LogP contribution in [0.5, 0.6) is 5.95 Å². The van der Waals surface area contributed by atoms with Gasteiger partial charge in [-0.15, -0.1) is 0 Å². The first-order valence-electron chi connectivity index (χ1n) is 4.04. The van der Waals surface area contributed by atoms with E-state index in [1.165, 1.54) is 6.20 Å². The summed E-state index contributed by atoms with van der Waals surface area (Å²) < 4.78 is 14.5. The van der Waals surface area contributed by atoms with Crippen molar-refractivity contribution in [3.8, 4) is 5.95 Å². The normalized spacial score (nSPS) is 9.69. The van der Waals surface area contributed by atoms with Crippen LogP contribution in [0.4, 0.5) is 0 Å². The number of carbonyl (C=O) groups excluding carboxylic acids is 1. The average molecular weight is 185 g/mol. The molecule has 0 aromatic carbocycles. The molecule has 0 fully saturated rings. The van der Waals surface area contributed by atoms with Gasteiger partial charge in [-0.05, 0) is 13.8 Å². The molecule has 0 aliphatic carbocycles. The van der Waals surface area contributed by atoms with Crippen molar-refractivity contribution in [2.45, 2.75) is 13.8 Å². The monoisotopic (exact) mass is 185 g/mol. The molecule has 0 saturated heterocycles. The molecule has 1 aromatic rings. The fourth-order valence-electron chi connectivity index (χ4n) is 0.809. The lowest BCUT2D eigenvalue weighted by Gasteiger charge is -2.00. The highest BCUT2D eigenvalue weighted by Gasteiger charge is 2.17. The molecule has 72 valence electrons. The Morgan fingerprint density at radius 2 is 2.31 bits per heavy atom. The first-order valence-corrected chi connectivity index (χ1v) is 4.04.